The van der Waals surface area contributed by atoms with Crippen molar-refractivity contribution in [1.29, 1.82) is 0 Å². The molecule has 3 heterocycles. The number of hydrogen-bond donors (Lipinski definition) is 1. The molecule has 0 aromatic carbocycles. The van der Waals surface area contributed by atoms with E-state index in [4.69, 9.17) is 0 Å². The van der Waals surface area contributed by atoms with Crippen molar-refractivity contribution in [1.82, 2.24) is 14.8 Å². The van der Waals surface area contributed by atoms with Crippen LogP contribution in [0.4, 0.5) is 5.95 Å². The fourth-order valence-corrected chi connectivity index (χ4v) is 3.87. The number of ketones is 1. The highest BCUT2D eigenvalue weighted by Gasteiger charge is 2.38. The standard InChI is InChI=1S/C14H14N4OS/c1-8-5-9-12(10(19)6-8)13(11-3-2-4-20-11)18-14(17-9)15-7-16-18/h2-4,7-8,13H,5-6H2,1H3,(H,15,16,17)/t8-,13-/m1/s1. The van der Waals surface area contributed by atoms with Gasteiger partial charge in [0.05, 0.1) is 0 Å². The van der Waals surface area contributed by atoms with Gasteiger partial charge in [0.25, 0.3) is 0 Å². The van der Waals surface area contributed by atoms with Crippen LogP contribution < -0.4 is 5.32 Å². The summed E-state index contributed by atoms with van der Waals surface area (Å²) in [5.41, 5.74) is 1.89. The highest BCUT2D eigenvalue weighted by Crippen LogP contribution is 2.41. The zero-order valence-corrected chi connectivity index (χ0v) is 11.9. The van der Waals surface area contributed by atoms with Gasteiger partial charge < -0.3 is 5.32 Å². The number of thiophene rings is 1. The predicted molar refractivity (Wildman–Crippen MR) is 76.5 cm³/mol. The largest absolute Gasteiger partial charge is 0.328 e. The summed E-state index contributed by atoms with van der Waals surface area (Å²) >= 11 is 1.65. The molecule has 2 aromatic heterocycles. The lowest BCUT2D eigenvalue weighted by Gasteiger charge is -2.33. The number of nitrogens with one attached hydrogen (secondary N) is 1. The summed E-state index contributed by atoms with van der Waals surface area (Å²) in [5.74, 6) is 1.34. The molecule has 20 heavy (non-hydrogen) atoms. The maximum absolute atomic E-state index is 12.5. The van der Waals surface area contributed by atoms with Crippen LogP contribution in [0.3, 0.4) is 0 Å². The second kappa shape index (κ2) is 4.28. The average molecular weight is 286 g/mol. The Morgan fingerprint density at radius 2 is 2.35 bits per heavy atom. The Balaban J connectivity index is 1.91. The third kappa shape index (κ3) is 1.64. The minimum atomic E-state index is -0.122. The zero-order chi connectivity index (χ0) is 13.7. The molecule has 0 radical (unpaired) electrons. The summed E-state index contributed by atoms with van der Waals surface area (Å²) in [6, 6.07) is 3.94. The Labute approximate surface area is 120 Å². The van der Waals surface area contributed by atoms with Crippen LogP contribution in [0, 0.1) is 5.92 Å². The molecule has 1 aliphatic heterocycles. The van der Waals surface area contributed by atoms with E-state index in [2.05, 4.69) is 28.4 Å². The van der Waals surface area contributed by atoms with Crippen molar-refractivity contribution in [3.63, 3.8) is 0 Å². The molecule has 0 saturated heterocycles. The minimum Gasteiger partial charge on any atom is -0.328 e. The van der Waals surface area contributed by atoms with E-state index in [1.807, 2.05) is 16.1 Å². The number of Topliss-reactive ketones (excluding diaryl/α,β-unsaturated/α-hetero) is 1. The number of nitrogens with zero attached hydrogens (tertiary/aromatic N) is 3. The SMILES string of the molecule is C[C@H]1CC(=O)C2=C(C1)Nc1ncnn1[C@@H]2c1cccs1. The van der Waals surface area contributed by atoms with Gasteiger partial charge in [-0.25, -0.2) is 4.68 Å². The van der Waals surface area contributed by atoms with Crippen LogP contribution in [0.2, 0.25) is 0 Å². The first kappa shape index (κ1) is 11.8. The van der Waals surface area contributed by atoms with E-state index in [0.717, 1.165) is 28.5 Å². The number of hydrogen-bond acceptors (Lipinski definition) is 5. The number of aromatic nitrogens is 3. The number of allylic oxidation sites excluding steroid dienone is 2. The van der Waals surface area contributed by atoms with Gasteiger partial charge in [0.15, 0.2) is 5.78 Å². The second-order valence-corrected chi connectivity index (χ2v) is 6.38. The molecule has 0 bridgehead atoms. The summed E-state index contributed by atoms with van der Waals surface area (Å²) in [4.78, 5) is 17.9. The monoisotopic (exact) mass is 286 g/mol. The Morgan fingerprint density at radius 3 is 3.15 bits per heavy atom. The van der Waals surface area contributed by atoms with Crippen LogP contribution in [0.1, 0.15) is 30.7 Å². The number of anilines is 1. The number of carbonyl (C=O) groups is 1. The van der Waals surface area contributed by atoms with Gasteiger partial charge in [0.2, 0.25) is 5.95 Å². The topological polar surface area (TPSA) is 59.8 Å². The van der Waals surface area contributed by atoms with Crippen LogP contribution in [0.5, 0.6) is 0 Å². The average Bonchev–Trinajstić information content (AvgIpc) is 3.06. The van der Waals surface area contributed by atoms with Gasteiger partial charge in [0, 0.05) is 22.6 Å². The van der Waals surface area contributed by atoms with Crippen LogP contribution in [0.25, 0.3) is 0 Å². The van der Waals surface area contributed by atoms with Crippen molar-refractivity contribution in [3.05, 3.63) is 40.0 Å². The highest BCUT2D eigenvalue weighted by atomic mass is 32.1. The Bertz CT molecular complexity index is 701. The molecule has 102 valence electrons. The smallest absolute Gasteiger partial charge is 0.226 e. The molecule has 0 fully saturated rings. The van der Waals surface area contributed by atoms with E-state index in [1.165, 1.54) is 6.33 Å². The number of fused-ring (bicyclic) bond motifs is 1. The van der Waals surface area contributed by atoms with E-state index < -0.39 is 0 Å². The molecule has 2 atom stereocenters. The van der Waals surface area contributed by atoms with Gasteiger partial charge in [-0.2, -0.15) is 10.1 Å². The van der Waals surface area contributed by atoms with Crippen molar-refractivity contribution < 1.29 is 4.79 Å². The van der Waals surface area contributed by atoms with Crippen LogP contribution in [-0.2, 0) is 4.79 Å². The van der Waals surface area contributed by atoms with Gasteiger partial charge in [-0.15, -0.1) is 11.3 Å². The Hall–Kier alpha value is -1.95. The molecule has 1 aliphatic carbocycles. The van der Waals surface area contributed by atoms with Crippen LogP contribution >= 0.6 is 11.3 Å². The third-order valence-corrected chi connectivity index (χ3v) is 4.80. The van der Waals surface area contributed by atoms with Gasteiger partial charge >= 0.3 is 0 Å². The van der Waals surface area contributed by atoms with Gasteiger partial charge in [-0.05, 0) is 23.8 Å². The lowest BCUT2D eigenvalue weighted by Crippen LogP contribution is -2.33. The van der Waals surface area contributed by atoms with E-state index in [1.54, 1.807) is 11.3 Å². The third-order valence-electron chi connectivity index (χ3n) is 3.88. The van der Waals surface area contributed by atoms with Crippen molar-refractivity contribution in [2.24, 2.45) is 5.92 Å². The Morgan fingerprint density at radius 1 is 1.45 bits per heavy atom. The fourth-order valence-electron chi connectivity index (χ4n) is 3.06. The zero-order valence-electron chi connectivity index (χ0n) is 11.0. The van der Waals surface area contributed by atoms with E-state index in [-0.39, 0.29) is 11.8 Å². The van der Waals surface area contributed by atoms with Gasteiger partial charge in [0.1, 0.15) is 12.4 Å². The van der Waals surface area contributed by atoms with Crippen molar-refractivity contribution in [2.75, 3.05) is 5.32 Å². The van der Waals surface area contributed by atoms with E-state index >= 15 is 0 Å². The summed E-state index contributed by atoms with van der Waals surface area (Å²) in [7, 11) is 0. The number of rotatable bonds is 1. The first-order chi connectivity index (χ1) is 9.74. The normalized spacial score (nSPS) is 25.1. The maximum atomic E-state index is 12.5. The van der Waals surface area contributed by atoms with Gasteiger partial charge in [-0.3, -0.25) is 4.79 Å². The first-order valence-corrected chi connectivity index (χ1v) is 7.58. The van der Waals surface area contributed by atoms with Crippen molar-refractivity contribution in [2.45, 2.75) is 25.8 Å². The van der Waals surface area contributed by atoms with Crippen LogP contribution in [0.15, 0.2) is 35.1 Å². The molecule has 5 nitrogen and oxygen atoms in total. The molecular weight excluding hydrogens is 272 g/mol. The molecule has 0 amide bonds. The highest BCUT2D eigenvalue weighted by molar-refractivity contribution is 7.10. The quantitative estimate of drug-likeness (QED) is 0.875. The minimum absolute atomic E-state index is 0.122. The van der Waals surface area contributed by atoms with Crippen molar-refractivity contribution >= 4 is 23.1 Å². The fraction of sp³-hybridized carbons (Fsp3) is 0.357. The molecule has 2 aliphatic rings. The first-order valence-electron chi connectivity index (χ1n) is 6.70. The predicted octanol–water partition coefficient (Wildman–Crippen LogP) is 2.61. The summed E-state index contributed by atoms with van der Waals surface area (Å²) in [5, 5.41) is 9.62. The lowest BCUT2D eigenvalue weighted by molar-refractivity contribution is -0.117. The van der Waals surface area contributed by atoms with Crippen molar-refractivity contribution in [3.8, 4) is 0 Å². The molecule has 6 heteroatoms. The summed E-state index contributed by atoms with van der Waals surface area (Å²) in [6.07, 6.45) is 3.05. The molecule has 0 unspecified atom stereocenters. The summed E-state index contributed by atoms with van der Waals surface area (Å²) in [6.45, 7) is 2.11. The molecular formula is C14H14N4OS. The number of carbonyl (C=O) groups excluding carboxylic acids is 1. The molecule has 2 aromatic rings. The maximum Gasteiger partial charge on any atom is 0.226 e. The molecule has 0 saturated carbocycles. The summed E-state index contributed by atoms with van der Waals surface area (Å²) < 4.78 is 1.82. The second-order valence-electron chi connectivity index (χ2n) is 5.40. The molecule has 4 rings (SSSR count). The molecule has 1 N–H and O–H groups in total. The molecule has 0 spiro atoms. The Kier molecular flexibility index (Phi) is 2.53. The lowest BCUT2D eigenvalue weighted by atomic mass is 9.83. The van der Waals surface area contributed by atoms with Crippen LogP contribution in [-0.4, -0.2) is 20.5 Å². The van der Waals surface area contributed by atoms with Gasteiger partial charge in [-0.1, -0.05) is 13.0 Å². The van der Waals surface area contributed by atoms with E-state index in [0.29, 0.717) is 12.3 Å². The van der Waals surface area contributed by atoms with E-state index in [9.17, 15) is 4.79 Å².